The third-order valence-corrected chi connectivity index (χ3v) is 39.5. The molecule has 12 fully saturated rings. The second kappa shape index (κ2) is 32.7. The van der Waals surface area contributed by atoms with Crippen molar-refractivity contribution in [3.05, 3.63) is 464 Å². The maximum absolute atomic E-state index is 2.62. The first kappa shape index (κ1) is 83.9. The van der Waals surface area contributed by atoms with Gasteiger partial charge in [0, 0.05) is 87.3 Å². The van der Waals surface area contributed by atoms with Crippen LogP contribution in [0.3, 0.4) is 0 Å². The molecule has 15 aliphatic rings. The van der Waals surface area contributed by atoms with E-state index in [-0.39, 0.29) is 16.2 Å². The van der Waals surface area contributed by atoms with Crippen molar-refractivity contribution in [2.75, 3.05) is 14.7 Å². The molecule has 20 aromatic carbocycles. The van der Waals surface area contributed by atoms with Crippen molar-refractivity contribution in [1.82, 2.24) is 0 Å². The molecule has 0 aliphatic heterocycles. The van der Waals surface area contributed by atoms with E-state index in [0.29, 0.717) is 0 Å². The van der Waals surface area contributed by atoms with E-state index in [1.165, 1.54) is 277 Å². The number of hydrogen-bond acceptors (Lipinski definition) is 4. The summed E-state index contributed by atoms with van der Waals surface area (Å²) in [5.74, 6) is 10.1. The molecule has 12 bridgehead atoms. The summed E-state index contributed by atoms with van der Waals surface area (Å²) in [6.07, 6.45) is 21.2. The minimum atomic E-state index is 0.136. The van der Waals surface area contributed by atoms with Crippen molar-refractivity contribution in [3.8, 4) is 55.6 Å². The van der Waals surface area contributed by atoms with E-state index in [2.05, 4.69) is 445 Å². The molecule has 0 unspecified atom stereocenters. The molecule has 1 aromatic heterocycles. The van der Waals surface area contributed by atoms with Crippen molar-refractivity contribution < 1.29 is 0 Å². The quantitative estimate of drug-likeness (QED) is 0.128. The Kier molecular flexibility index (Phi) is 19.0. The predicted octanol–water partition coefficient (Wildman–Crippen LogP) is 38.1. The molecule has 3 spiro atoms. The molecule has 4 heteroatoms. The highest BCUT2D eigenvalue weighted by Gasteiger charge is 2.65. The van der Waals surface area contributed by atoms with Crippen LogP contribution in [-0.4, -0.2) is 0 Å². The Hall–Kier alpha value is -14.7. The van der Waals surface area contributed by atoms with Crippen LogP contribution in [0.5, 0.6) is 0 Å². The molecule has 36 rings (SSSR count). The molecular formula is C140H113N3S. The number of benzene rings is 20. The van der Waals surface area contributed by atoms with Crippen molar-refractivity contribution in [1.29, 1.82) is 0 Å². The Bertz CT molecular complexity index is 8740. The Labute approximate surface area is 848 Å². The Morgan fingerprint density at radius 3 is 0.931 bits per heavy atom. The van der Waals surface area contributed by atoms with Crippen LogP contribution in [-0.2, 0) is 16.2 Å². The summed E-state index contributed by atoms with van der Waals surface area (Å²) >= 11 is 1.88. The molecular weight excluding hydrogens is 1760 g/mol. The van der Waals surface area contributed by atoms with Crippen molar-refractivity contribution in [3.63, 3.8) is 0 Å². The summed E-state index contributed by atoms with van der Waals surface area (Å²) in [5.41, 5.74) is 34.9. The predicted molar refractivity (Wildman–Crippen MR) is 604 cm³/mol. The molecule has 15 aliphatic carbocycles. The molecule has 0 radical (unpaired) electrons. The van der Waals surface area contributed by atoms with Crippen molar-refractivity contribution in [2.24, 2.45) is 71.0 Å². The zero-order valence-electron chi connectivity index (χ0n) is 81.3. The standard InChI is InChI=1S/C50H39NS.C48H39N.C42H35N/c1-2-8-35-28-40(19-15-33(35)7-1)51(39-17-13-34(14-18-39)36-16-22-49-45(29-36)44-10-4-6-12-48(44)52-49)41-20-21-43-42-9-3-5-11-46(42)50(47(43)30-41)37-24-31-23-32(26-37)27-38(50)25-31;1-3-10-35-27-38(17-16-33(35)8-1)37-12-7-13-41(29-37)49(42-19-18-34-9-2-4-11-36(34)28-42)43-20-21-45-44-14-5-6-15-46(44)48(47(45)30-43)39-23-31-22-32(25-39)26-40(48)24-31;1-2-10-31-25-34(17-16-29(31)8-1)43(41-15-7-11-30-9-3-4-12-36(30)41)35-18-19-38-37-13-5-6-14-39(37)42(40(38)26-35)32-21-27-20-28(23-32)24-33(42)22-27/h1-22,28-32,37-38H,23-27H2;1-21,27-32,39-40H,22-26H2;1-19,25-28,32-33H,20-24H2. The van der Waals surface area contributed by atoms with Gasteiger partial charge in [-0.1, -0.05) is 303 Å². The lowest BCUT2D eigenvalue weighted by molar-refractivity contribution is -0.0399. The number of hydrogen-bond donors (Lipinski definition) is 0. The van der Waals surface area contributed by atoms with E-state index in [1.54, 1.807) is 33.4 Å². The maximum Gasteiger partial charge on any atom is 0.0540 e. The molecule has 1 heterocycles. The van der Waals surface area contributed by atoms with Crippen LogP contribution < -0.4 is 14.7 Å². The van der Waals surface area contributed by atoms with E-state index in [1.807, 2.05) is 11.3 Å². The van der Waals surface area contributed by atoms with Gasteiger partial charge >= 0.3 is 0 Å². The zero-order chi connectivity index (χ0) is 94.2. The minimum absolute atomic E-state index is 0.136. The highest BCUT2D eigenvalue weighted by Crippen LogP contribution is 2.74. The minimum Gasteiger partial charge on any atom is -0.310 e. The van der Waals surface area contributed by atoms with E-state index in [4.69, 9.17) is 0 Å². The van der Waals surface area contributed by atoms with Gasteiger partial charge in [0.2, 0.25) is 0 Å². The van der Waals surface area contributed by atoms with Crippen molar-refractivity contribution >= 4 is 137 Å². The largest absolute Gasteiger partial charge is 0.310 e. The molecule has 0 N–H and O–H groups in total. The monoisotopic (exact) mass is 1870 g/mol. The molecule has 12 saturated carbocycles. The zero-order valence-corrected chi connectivity index (χ0v) is 82.1. The van der Waals surface area contributed by atoms with Crippen LogP contribution >= 0.6 is 11.3 Å². The maximum atomic E-state index is 2.62. The van der Waals surface area contributed by atoms with Gasteiger partial charge in [-0.25, -0.2) is 0 Å². The first-order valence-electron chi connectivity index (χ1n) is 53.9. The van der Waals surface area contributed by atoms with Crippen molar-refractivity contribution in [2.45, 2.75) is 113 Å². The first-order valence-corrected chi connectivity index (χ1v) is 54.7. The van der Waals surface area contributed by atoms with E-state index < -0.39 is 0 Å². The van der Waals surface area contributed by atoms with Gasteiger partial charge in [-0.05, 0) is 432 Å². The van der Waals surface area contributed by atoms with E-state index >= 15 is 0 Å². The summed E-state index contributed by atoms with van der Waals surface area (Å²) in [6, 6.07) is 163. The van der Waals surface area contributed by atoms with Crippen LogP contribution in [0, 0.1) is 71.0 Å². The molecule has 0 amide bonds. The van der Waals surface area contributed by atoms with E-state index in [0.717, 1.165) is 71.0 Å². The fourth-order valence-corrected chi connectivity index (χ4v) is 34.5. The SMILES string of the molecule is c1cc(-c2ccc3ccccc3c2)cc(N(c2ccc3c(c2)C2(c4ccccc4-3)C3CC4CC(C3)CC2C4)c2ccc3ccccc3c2)c1.c1ccc2c(c1)-c1ccc(N(c3ccc(-c4ccc5sc6ccccc6c5c4)cc3)c3ccc4ccccc4c3)cc1C21C2CC3CC(C2)CC1C3.c1ccc2c(c1)-c1ccc(N(c3ccc4ccccc4c3)c3cccc4ccccc34)cc1C21C2CC3CC(C2)CC1C3. The molecule has 144 heavy (non-hydrogen) atoms. The van der Waals surface area contributed by atoms with Crippen LogP contribution in [0.25, 0.3) is 130 Å². The van der Waals surface area contributed by atoms with Gasteiger partial charge in [0.25, 0.3) is 0 Å². The molecule has 694 valence electrons. The average Bonchev–Trinajstić information content (AvgIpc) is 1.42. The Balaban J connectivity index is 0.0000000990. The molecule has 0 saturated heterocycles. The fourth-order valence-electron chi connectivity index (χ4n) is 33.4. The fraction of sp³-hybridized carbons (Fsp3) is 0.214. The number of rotatable bonds is 11. The van der Waals surface area contributed by atoms with E-state index in [9.17, 15) is 0 Å². The number of thiophene rings is 1. The van der Waals surface area contributed by atoms with Crippen LogP contribution in [0.1, 0.15) is 130 Å². The normalized spacial score (nSPS) is 24.8. The molecule has 21 aromatic rings. The van der Waals surface area contributed by atoms with Gasteiger partial charge in [0.15, 0.2) is 0 Å². The van der Waals surface area contributed by atoms with Gasteiger partial charge < -0.3 is 14.7 Å². The average molecular weight is 1870 g/mol. The van der Waals surface area contributed by atoms with Gasteiger partial charge in [0.1, 0.15) is 0 Å². The summed E-state index contributed by atoms with van der Waals surface area (Å²) in [5, 5.41) is 15.4. The second-order valence-electron chi connectivity index (χ2n) is 45.4. The van der Waals surface area contributed by atoms with Gasteiger partial charge in [-0.15, -0.1) is 11.3 Å². The summed E-state index contributed by atoms with van der Waals surface area (Å²) in [6.45, 7) is 0. The van der Waals surface area contributed by atoms with Crippen LogP contribution in [0.4, 0.5) is 51.2 Å². The molecule has 0 atom stereocenters. The molecule has 3 nitrogen and oxygen atoms in total. The highest BCUT2D eigenvalue weighted by molar-refractivity contribution is 7.25. The third kappa shape index (κ3) is 12.8. The summed E-state index contributed by atoms with van der Waals surface area (Å²) in [4.78, 5) is 7.56. The van der Waals surface area contributed by atoms with Gasteiger partial charge in [0.05, 0.1) is 5.69 Å². The second-order valence-corrected chi connectivity index (χ2v) is 46.5. The summed E-state index contributed by atoms with van der Waals surface area (Å²) < 4.78 is 2.70. The van der Waals surface area contributed by atoms with Crippen LogP contribution in [0.2, 0.25) is 0 Å². The highest BCUT2D eigenvalue weighted by atomic mass is 32.1. The lowest BCUT2D eigenvalue weighted by Gasteiger charge is -2.61. The lowest BCUT2D eigenvalue weighted by Crippen LogP contribution is -2.55. The summed E-state index contributed by atoms with van der Waals surface area (Å²) in [7, 11) is 0. The number of anilines is 9. The lowest BCUT2D eigenvalue weighted by atomic mass is 9.43. The van der Waals surface area contributed by atoms with Gasteiger partial charge in [-0.2, -0.15) is 0 Å². The number of nitrogens with zero attached hydrogens (tertiary/aromatic N) is 3. The third-order valence-electron chi connectivity index (χ3n) is 38.4. The number of fused-ring (bicyclic) bond motifs is 17. The first-order chi connectivity index (χ1) is 71.2. The smallest absolute Gasteiger partial charge is 0.0540 e. The van der Waals surface area contributed by atoms with Gasteiger partial charge in [-0.3, -0.25) is 0 Å². The van der Waals surface area contributed by atoms with Crippen LogP contribution in [0.15, 0.2) is 431 Å². The Morgan fingerprint density at radius 2 is 0.465 bits per heavy atom. The Morgan fingerprint density at radius 1 is 0.167 bits per heavy atom. The topological polar surface area (TPSA) is 9.72 Å².